The minimum atomic E-state index is -0.834. The number of carbonyl (C=O) groups is 1. The SMILES string of the molecule is CON(C)C(=O)Oc1c(Cn2c(C)nc(Cl)c2Cl)sc2c1c(=O)n(C)c(=O)n2C(C)C. The number of thiophene rings is 1. The molecule has 0 fully saturated rings. The van der Waals surface area contributed by atoms with Gasteiger partial charge in [0.1, 0.15) is 21.2 Å². The molecule has 31 heavy (non-hydrogen) atoms. The van der Waals surface area contributed by atoms with Crippen LogP contribution in [0.1, 0.15) is 30.6 Å². The molecule has 0 unspecified atom stereocenters. The van der Waals surface area contributed by atoms with E-state index < -0.39 is 17.3 Å². The van der Waals surface area contributed by atoms with Crippen LogP contribution < -0.4 is 16.0 Å². The number of nitrogens with zero attached hydrogens (tertiary/aromatic N) is 5. The summed E-state index contributed by atoms with van der Waals surface area (Å²) in [4.78, 5) is 48.1. The van der Waals surface area contributed by atoms with Gasteiger partial charge in [-0.15, -0.1) is 11.3 Å². The summed E-state index contributed by atoms with van der Waals surface area (Å²) in [6.07, 6.45) is -0.834. The highest BCUT2D eigenvalue weighted by Crippen LogP contribution is 2.38. The highest BCUT2D eigenvalue weighted by atomic mass is 35.5. The van der Waals surface area contributed by atoms with E-state index in [0.29, 0.717) is 15.5 Å². The maximum absolute atomic E-state index is 13.0. The van der Waals surface area contributed by atoms with Gasteiger partial charge >= 0.3 is 11.8 Å². The summed E-state index contributed by atoms with van der Waals surface area (Å²) in [7, 11) is 4.05. The van der Waals surface area contributed by atoms with Gasteiger partial charge in [-0.05, 0) is 20.8 Å². The van der Waals surface area contributed by atoms with Crippen molar-refractivity contribution in [3.8, 4) is 5.75 Å². The van der Waals surface area contributed by atoms with Gasteiger partial charge < -0.3 is 9.30 Å². The third-order valence-corrected chi connectivity index (χ3v) is 6.64. The zero-order valence-corrected chi connectivity index (χ0v) is 20.1. The second kappa shape index (κ2) is 8.65. The normalized spacial score (nSPS) is 11.5. The molecule has 1 amide bonds. The Morgan fingerprint density at radius 1 is 1.29 bits per heavy atom. The Bertz CT molecular complexity index is 1290. The molecule has 168 valence electrons. The second-order valence-electron chi connectivity index (χ2n) is 7.02. The number of fused-ring (bicyclic) bond motifs is 1. The molecule has 10 nitrogen and oxygen atoms in total. The van der Waals surface area contributed by atoms with Crippen molar-refractivity contribution in [2.45, 2.75) is 33.4 Å². The van der Waals surface area contributed by atoms with E-state index in [1.165, 1.54) is 25.8 Å². The first-order valence-corrected chi connectivity index (χ1v) is 10.7. The molecule has 3 heterocycles. The molecule has 0 saturated carbocycles. The summed E-state index contributed by atoms with van der Waals surface area (Å²) in [5.74, 6) is 0.567. The standard InChI is InChI=1S/C18H21Cl2N5O5S/c1-8(2)25-16-11(15(26)22(4)17(25)27)12(30-18(28)23(5)29-6)10(31-16)7-24-9(3)21-13(19)14(24)20/h8H,7H2,1-6H3. The van der Waals surface area contributed by atoms with Gasteiger partial charge in [-0.2, -0.15) is 5.06 Å². The van der Waals surface area contributed by atoms with Gasteiger partial charge in [0, 0.05) is 20.1 Å². The quantitative estimate of drug-likeness (QED) is 0.510. The van der Waals surface area contributed by atoms with E-state index in [-0.39, 0.29) is 34.0 Å². The van der Waals surface area contributed by atoms with Crippen LogP contribution in [0.2, 0.25) is 10.3 Å². The van der Waals surface area contributed by atoms with Crippen LogP contribution >= 0.6 is 34.5 Å². The summed E-state index contributed by atoms with van der Waals surface area (Å²) in [6, 6.07) is -0.244. The molecule has 3 aromatic rings. The molecule has 0 aliphatic rings. The number of ether oxygens (including phenoxy) is 1. The number of halogens is 2. The van der Waals surface area contributed by atoms with E-state index in [1.54, 1.807) is 11.5 Å². The monoisotopic (exact) mass is 489 g/mol. The molecule has 0 aliphatic heterocycles. The zero-order chi connectivity index (χ0) is 23.2. The first kappa shape index (κ1) is 23.3. The largest absolute Gasteiger partial charge is 0.439 e. The first-order chi connectivity index (χ1) is 14.5. The highest BCUT2D eigenvalue weighted by molar-refractivity contribution is 7.19. The van der Waals surface area contributed by atoms with E-state index in [9.17, 15) is 14.4 Å². The number of imidazole rings is 1. The van der Waals surface area contributed by atoms with Crippen molar-refractivity contribution >= 4 is 50.8 Å². The highest BCUT2D eigenvalue weighted by Gasteiger charge is 2.27. The Balaban J connectivity index is 2.34. The fourth-order valence-electron chi connectivity index (χ4n) is 3.03. The van der Waals surface area contributed by atoms with Crippen LogP contribution in [0, 0.1) is 6.92 Å². The van der Waals surface area contributed by atoms with Gasteiger partial charge in [0.25, 0.3) is 5.56 Å². The van der Waals surface area contributed by atoms with Crippen LogP contribution in [0.4, 0.5) is 4.79 Å². The van der Waals surface area contributed by atoms with Gasteiger partial charge in [0.15, 0.2) is 10.9 Å². The molecule has 13 heteroatoms. The maximum Gasteiger partial charge on any atom is 0.439 e. The first-order valence-electron chi connectivity index (χ1n) is 9.14. The van der Waals surface area contributed by atoms with Crippen molar-refractivity contribution in [2.75, 3.05) is 14.2 Å². The summed E-state index contributed by atoms with van der Waals surface area (Å²) in [5, 5.41) is 1.33. The molecule has 0 radical (unpaired) electrons. The van der Waals surface area contributed by atoms with Crippen molar-refractivity contribution in [1.82, 2.24) is 23.7 Å². The molecular formula is C18H21Cl2N5O5S. The molecule has 0 aliphatic carbocycles. The summed E-state index contributed by atoms with van der Waals surface area (Å²) in [6.45, 7) is 5.49. The van der Waals surface area contributed by atoms with Crippen LogP contribution in [0.15, 0.2) is 9.59 Å². The lowest BCUT2D eigenvalue weighted by Gasteiger charge is -2.15. The number of aromatic nitrogens is 4. The van der Waals surface area contributed by atoms with E-state index in [4.69, 9.17) is 32.8 Å². The van der Waals surface area contributed by atoms with Crippen LogP contribution in [0.25, 0.3) is 10.2 Å². The molecule has 0 spiro atoms. The molecule has 0 bridgehead atoms. The number of carbonyl (C=O) groups excluding carboxylic acids is 1. The Labute approximate surface area is 191 Å². The van der Waals surface area contributed by atoms with E-state index in [0.717, 1.165) is 21.0 Å². The van der Waals surface area contributed by atoms with Crippen molar-refractivity contribution in [1.29, 1.82) is 0 Å². The number of amides is 1. The molecule has 0 atom stereocenters. The molecule has 0 N–H and O–H groups in total. The summed E-state index contributed by atoms with van der Waals surface area (Å²) >= 11 is 13.5. The van der Waals surface area contributed by atoms with Crippen molar-refractivity contribution in [3.63, 3.8) is 0 Å². The Morgan fingerprint density at radius 2 is 1.94 bits per heavy atom. The number of hydrogen-bond donors (Lipinski definition) is 0. The van der Waals surface area contributed by atoms with E-state index >= 15 is 0 Å². The Kier molecular flexibility index (Phi) is 6.51. The van der Waals surface area contributed by atoms with Crippen molar-refractivity contribution in [2.24, 2.45) is 7.05 Å². The van der Waals surface area contributed by atoms with Crippen LogP contribution in [-0.4, -0.2) is 44.0 Å². The number of aryl methyl sites for hydroxylation is 1. The van der Waals surface area contributed by atoms with Crippen molar-refractivity contribution in [3.05, 3.63) is 41.8 Å². The third-order valence-electron chi connectivity index (χ3n) is 4.74. The zero-order valence-electron chi connectivity index (χ0n) is 17.7. The molecular weight excluding hydrogens is 469 g/mol. The fraction of sp³-hybridized carbons (Fsp3) is 0.444. The molecule has 3 rings (SSSR count). The van der Waals surface area contributed by atoms with E-state index in [1.807, 2.05) is 13.8 Å². The Morgan fingerprint density at radius 3 is 2.45 bits per heavy atom. The minimum absolute atomic E-state index is 0.0317. The summed E-state index contributed by atoms with van der Waals surface area (Å²) < 4.78 is 9.65. The summed E-state index contributed by atoms with van der Waals surface area (Å²) in [5.41, 5.74) is -1.04. The number of hydrogen-bond acceptors (Lipinski definition) is 7. The average Bonchev–Trinajstić information content (AvgIpc) is 3.17. The third kappa shape index (κ3) is 3.98. The topological polar surface area (TPSA) is 101 Å². The van der Waals surface area contributed by atoms with Gasteiger partial charge in [0.05, 0.1) is 18.5 Å². The number of rotatable bonds is 5. The van der Waals surface area contributed by atoms with Gasteiger partial charge in [-0.1, -0.05) is 23.2 Å². The van der Waals surface area contributed by atoms with Crippen LogP contribution in [-0.2, 0) is 18.4 Å². The maximum atomic E-state index is 13.0. The molecule has 0 aromatic carbocycles. The number of hydroxylamine groups is 2. The molecule has 3 aromatic heterocycles. The predicted molar refractivity (Wildman–Crippen MR) is 119 cm³/mol. The van der Waals surface area contributed by atoms with E-state index in [2.05, 4.69) is 4.98 Å². The van der Waals surface area contributed by atoms with Gasteiger partial charge in [0.2, 0.25) is 0 Å². The predicted octanol–water partition coefficient (Wildman–Crippen LogP) is 3.19. The fourth-order valence-corrected chi connectivity index (χ4v) is 4.82. The average molecular weight is 490 g/mol. The Hall–Kier alpha value is -2.34. The molecule has 0 saturated heterocycles. The van der Waals surface area contributed by atoms with Crippen molar-refractivity contribution < 1.29 is 14.4 Å². The smallest absolute Gasteiger partial charge is 0.406 e. The lowest BCUT2D eigenvalue weighted by molar-refractivity contribution is -0.0789. The second-order valence-corrected chi connectivity index (χ2v) is 8.82. The lowest BCUT2D eigenvalue weighted by Crippen LogP contribution is -2.38. The lowest BCUT2D eigenvalue weighted by atomic mass is 10.3. The van der Waals surface area contributed by atoms with Gasteiger partial charge in [-0.3, -0.25) is 18.8 Å². The van der Waals surface area contributed by atoms with Gasteiger partial charge in [-0.25, -0.2) is 14.6 Å². The van der Waals surface area contributed by atoms with Crippen LogP contribution in [0.5, 0.6) is 5.75 Å². The van der Waals surface area contributed by atoms with Crippen LogP contribution in [0.3, 0.4) is 0 Å². The minimum Gasteiger partial charge on any atom is -0.406 e.